The van der Waals surface area contributed by atoms with Crippen LogP contribution in [0.4, 0.5) is 0 Å². The lowest BCUT2D eigenvalue weighted by Crippen LogP contribution is -1.96. The normalized spacial score (nSPS) is 11.0. The molecule has 4 heteroatoms. The minimum atomic E-state index is 0.488. The van der Waals surface area contributed by atoms with E-state index in [1.165, 1.54) is 5.56 Å². The fraction of sp³-hybridized carbons (Fsp3) is 0.357. The van der Waals surface area contributed by atoms with E-state index < -0.39 is 0 Å². The highest BCUT2D eigenvalue weighted by atomic mass is 79.9. The van der Waals surface area contributed by atoms with Crippen molar-refractivity contribution in [1.82, 2.24) is 9.55 Å². The van der Waals surface area contributed by atoms with Gasteiger partial charge in [-0.05, 0) is 39.5 Å². The third-order valence-electron chi connectivity index (χ3n) is 3.04. The molecule has 0 atom stereocenters. The Morgan fingerprint density at radius 2 is 2.06 bits per heavy atom. The SMILES string of the molecule is COc1ccc(C(C)C)cc1-c1c(Br)ncn1C. The van der Waals surface area contributed by atoms with Crippen molar-refractivity contribution < 1.29 is 4.74 Å². The highest BCUT2D eigenvalue weighted by Crippen LogP contribution is 2.36. The molecular weight excluding hydrogens is 292 g/mol. The van der Waals surface area contributed by atoms with Crippen molar-refractivity contribution in [2.24, 2.45) is 7.05 Å². The molecule has 0 bridgehead atoms. The molecule has 1 aromatic carbocycles. The van der Waals surface area contributed by atoms with Gasteiger partial charge in [-0.25, -0.2) is 4.98 Å². The summed E-state index contributed by atoms with van der Waals surface area (Å²) in [6, 6.07) is 6.30. The first-order valence-electron chi connectivity index (χ1n) is 5.89. The maximum atomic E-state index is 5.45. The van der Waals surface area contributed by atoms with Crippen molar-refractivity contribution >= 4 is 15.9 Å². The Labute approximate surface area is 116 Å². The van der Waals surface area contributed by atoms with Gasteiger partial charge in [0.25, 0.3) is 0 Å². The Hall–Kier alpha value is -1.29. The van der Waals surface area contributed by atoms with E-state index >= 15 is 0 Å². The van der Waals surface area contributed by atoms with E-state index in [0.29, 0.717) is 5.92 Å². The Balaban J connectivity index is 2.64. The first-order chi connectivity index (χ1) is 8.54. The first kappa shape index (κ1) is 13.1. The molecule has 0 aliphatic rings. The Bertz CT molecular complexity index is 541. The molecule has 0 N–H and O–H groups in total. The number of halogens is 1. The van der Waals surface area contributed by atoms with E-state index in [9.17, 15) is 0 Å². The number of benzene rings is 1. The van der Waals surface area contributed by atoms with Crippen molar-refractivity contribution in [2.75, 3.05) is 7.11 Å². The lowest BCUT2D eigenvalue weighted by molar-refractivity contribution is 0.416. The van der Waals surface area contributed by atoms with Gasteiger partial charge in [-0.1, -0.05) is 19.9 Å². The lowest BCUT2D eigenvalue weighted by Gasteiger charge is -2.13. The predicted molar refractivity (Wildman–Crippen MR) is 77.0 cm³/mol. The van der Waals surface area contributed by atoms with Gasteiger partial charge in [0.15, 0.2) is 0 Å². The van der Waals surface area contributed by atoms with Gasteiger partial charge >= 0.3 is 0 Å². The summed E-state index contributed by atoms with van der Waals surface area (Å²) in [4.78, 5) is 4.27. The van der Waals surface area contributed by atoms with Gasteiger partial charge < -0.3 is 9.30 Å². The van der Waals surface area contributed by atoms with E-state index in [4.69, 9.17) is 4.74 Å². The van der Waals surface area contributed by atoms with Crippen molar-refractivity contribution in [3.8, 4) is 17.0 Å². The molecular formula is C14H17BrN2O. The van der Waals surface area contributed by atoms with Crippen LogP contribution in [0.15, 0.2) is 29.1 Å². The van der Waals surface area contributed by atoms with Crippen molar-refractivity contribution in [1.29, 1.82) is 0 Å². The molecule has 0 spiro atoms. The zero-order valence-electron chi connectivity index (χ0n) is 11.1. The zero-order chi connectivity index (χ0) is 13.3. The molecule has 0 aliphatic heterocycles. The van der Waals surface area contributed by atoms with Gasteiger partial charge in [-0.15, -0.1) is 0 Å². The second kappa shape index (κ2) is 5.14. The van der Waals surface area contributed by atoms with Gasteiger partial charge in [0.05, 0.1) is 19.1 Å². The molecule has 1 heterocycles. The summed E-state index contributed by atoms with van der Waals surface area (Å²) in [7, 11) is 3.67. The van der Waals surface area contributed by atoms with Crippen LogP contribution in [0.3, 0.4) is 0 Å². The van der Waals surface area contributed by atoms with Gasteiger partial charge in [-0.2, -0.15) is 0 Å². The van der Waals surface area contributed by atoms with E-state index in [1.807, 2.05) is 17.7 Å². The summed E-state index contributed by atoms with van der Waals surface area (Å²) < 4.78 is 8.28. The highest BCUT2D eigenvalue weighted by molar-refractivity contribution is 9.10. The molecule has 0 unspecified atom stereocenters. The number of aromatic nitrogens is 2. The molecule has 0 fully saturated rings. The number of methoxy groups -OCH3 is 1. The van der Waals surface area contributed by atoms with E-state index in [2.05, 4.69) is 46.9 Å². The molecule has 0 saturated heterocycles. The van der Waals surface area contributed by atoms with E-state index in [0.717, 1.165) is 21.6 Å². The standard InChI is InChI=1S/C14H17BrN2O/c1-9(2)10-5-6-12(18-4)11(7-10)13-14(15)16-8-17(13)3/h5-9H,1-4H3. The molecule has 0 aliphatic carbocycles. The summed E-state index contributed by atoms with van der Waals surface area (Å²) in [6.07, 6.45) is 1.79. The summed E-state index contributed by atoms with van der Waals surface area (Å²) in [5.74, 6) is 1.35. The van der Waals surface area contributed by atoms with Crippen molar-refractivity contribution in [3.63, 3.8) is 0 Å². The average molecular weight is 309 g/mol. The fourth-order valence-electron chi connectivity index (χ4n) is 1.97. The number of aryl methyl sites for hydroxylation is 1. The topological polar surface area (TPSA) is 27.1 Å². The molecule has 0 radical (unpaired) electrons. The minimum Gasteiger partial charge on any atom is -0.496 e. The summed E-state index contributed by atoms with van der Waals surface area (Å²) in [6.45, 7) is 4.37. The average Bonchev–Trinajstić information content (AvgIpc) is 2.68. The number of rotatable bonds is 3. The van der Waals surface area contributed by atoms with Crippen LogP contribution in [0, 0.1) is 0 Å². The second-order valence-electron chi connectivity index (χ2n) is 4.61. The Morgan fingerprint density at radius 1 is 1.33 bits per heavy atom. The maximum Gasteiger partial charge on any atom is 0.132 e. The molecule has 2 aromatic rings. The Kier molecular flexibility index (Phi) is 3.76. The van der Waals surface area contributed by atoms with Crippen molar-refractivity contribution in [3.05, 3.63) is 34.7 Å². The van der Waals surface area contributed by atoms with Crippen LogP contribution in [-0.4, -0.2) is 16.7 Å². The molecule has 0 amide bonds. The monoisotopic (exact) mass is 308 g/mol. The van der Waals surface area contributed by atoms with Crippen LogP contribution in [-0.2, 0) is 7.05 Å². The summed E-state index contributed by atoms with van der Waals surface area (Å²) in [5, 5.41) is 0. The first-order valence-corrected chi connectivity index (χ1v) is 6.69. The van der Waals surface area contributed by atoms with Crippen LogP contribution in [0.5, 0.6) is 5.75 Å². The van der Waals surface area contributed by atoms with Crippen LogP contribution in [0.2, 0.25) is 0 Å². The summed E-state index contributed by atoms with van der Waals surface area (Å²) >= 11 is 3.49. The quantitative estimate of drug-likeness (QED) is 0.857. The molecule has 96 valence electrons. The molecule has 3 nitrogen and oxygen atoms in total. The molecule has 2 rings (SSSR count). The van der Waals surface area contributed by atoms with Gasteiger partial charge in [-0.3, -0.25) is 0 Å². The van der Waals surface area contributed by atoms with Crippen LogP contribution in [0.25, 0.3) is 11.3 Å². The second-order valence-corrected chi connectivity index (χ2v) is 5.36. The highest BCUT2D eigenvalue weighted by Gasteiger charge is 2.15. The van der Waals surface area contributed by atoms with Crippen LogP contribution < -0.4 is 4.74 Å². The number of hydrogen-bond donors (Lipinski definition) is 0. The number of nitrogens with zero attached hydrogens (tertiary/aromatic N) is 2. The van der Waals surface area contributed by atoms with Crippen LogP contribution in [0.1, 0.15) is 25.3 Å². The minimum absolute atomic E-state index is 0.488. The number of hydrogen-bond acceptors (Lipinski definition) is 2. The van der Waals surface area contributed by atoms with Gasteiger partial charge in [0, 0.05) is 12.6 Å². The van der Waals surface area contributed by atoms with E-state index in [1.54, 1.807) is 13.4 Å². The number of ether oxygens (including phenoxy) is 1. The van der Waals surface area contributed by atoms with Crippen LogP contribution >= 0.6 is 15.9 Å². The zero-order valence-corrected chi connectivity index (χ0v) is 12.7. The van der Waals surface area contributed by atoms with Gasteiger partial charge in [0.1, 0.15) is 10.4 Å². The fourth-order valence-corrected chi connectivity index (χ4v) is 2.56. The third kappa shape index (κ3) is 2.29. The molecule has 1 aromatic heterocycles. The molecule has 18 heavy (non-hydrogen) atoms. The van der Waals surface area contributed by atoms with Gasteiger partial charge in [0.2, 0.25) is 0 Å². The lowest BCUT2D eigenvalue weighted by atomic mass is 9.99. The number of imidazole rings is 1. The third-order valence-corrected chi connectivity index (χ3v) is 3.62. The smallest absolute Gasteiger partial charge is 0.132 e. The summed E-state index contributed by atoms with van der Waals surface area (Å²) in [5.41, 5.74) is 3.39. The Morgan fingerprint density at radius 3 is 2.56 bits per heavy atom. The maximum absolute atomic E-state index is 5.45. The van der Waals surface area contributed by atoms with E-state index in [-0.39, 0.29) is 0 Å². The van der Waals surface area contributed by atoms with Crippen molar-refractivity contribution in [2.45, 2.75) is 19.8 Å². The largest absolute Gasteiger partial charge is 0.496 e. The molecule has 0 saturated carbocycles. The predicted octanol–water partition coefficient (Wildman–Crippen LogP) is 3.98.